The van der Waals surface area contributed by atoms with E-state index in [-0.39, 0.29) is 5.41 Å². The van der Waals surface area contributed by atoms with Crippen molar-refractivity contribution >= 4 is 5.97 Å². The van der Waals surface area contributed by atoms with E-state index >= 15 is 0 Å². The molecule has 2 N–H and O–H groups in total. The van der Waals surface area contributed by atoms with Crippen molar-refractivity contribution in [2.24, 2.45) is 5.41 Å². The number of carboxylic acid groups (broad SMARTS) is 1. The fourth-order valence-corrected chi connectivity index (χ4v) is 1.54. The quantitative estimate of drug-likeness (QED) is 0.843. The van der Waals surface area contributed by atoms with Gasteiger partial charge in [0.05, 0.1) is 0 Å². The first-order valence-corrected chi connectivity index (χ1v) is 5.80. The SMILES string of the molecule is CC(C)(C)C(C)(NCc1ccccc1)C(=O)O. The van der Waals surface area contributed by atoms with E-state index in [9.17, 15) is 9.90 Å². The van der Waals surface area contributed by atoms with Crippen molar-refractivity contribution in [2.75, 3.05) is 0 Å². The molecule has 1 rings (SSSR count). The second-order valence-electron chi connectivity index (χ2n) is 5.52. The van der Waals surface area contributed by atoms with Crippen LogP contribution in [0.25, 0.3) is 0 Å². The first kappa shape index (κ1) is 13.7. The molecule has 0 saturated heterocycles. The Morgan fingerprint density at radius 1 is 1.18 bits per heavy atom. The summed E-state index contributed by atoms with van der Waals surface area (Å²) in [4.78, 5) is 11.4. The van der Waals surface area contributed by atoms with Crippen LogP contribution < -0.4 is 5.32 Å². The molecule has 1 aromatic carbocycles. The third kappa shape index (κ3) is 3.07. The molecule has 0 aromatic heterocycles. The summed E-state index contributed by atoms with van der Waals surface area (Å²) in [7, 11) is 0. The van der Waals surface area contributed by atoms with Gasteiger partial charge in [0.2, 0.25) is 0 Å². The summed E-state index contributed by atoms with van der Waals surface area (Å²) in [5.74, 6) is -0.819. The molecule has 1 aromatic rings. The van der Waals surface area contributed by atoms with Crippen molar-refractivity contribution < 1.29 is 9.90 Å². The summed E-state index contributed by atoms with van der Waals surface area (Å²) in [5.41, 5.74) is -0.208. The molecule has 17 heavy (non-hydrogen) atoms. The summed E-state index contributed by atoms with van der Waals surface area (Å²) < 4.78 is 0. The van der Waals surface area contributed by atoms with Gasteiger partial charge in [-0.1, -0.05) is 51.1 Å². The minimum Gasteiger partial charge on any atom is -0.480 e. The summed E-state index contributed by atoms with van der Waals surface area (Å²) in [6.45, 7) is 8.08. The highest BCUT2D eigenvalue weighted by molar-refractivity contribution is 5.79. The highest BCUT2D eigenvalue weighted by Gasteiger charge is 2.43. The maximum atomic E-state index is 11.4. The van der Waals surface area contributed by atoms with Crippen molar-refractivity contribution in [1.29, 1.82) is 0 Å². The highest BCUT2D eigenvalue weighted by atomic mass is 16.4. The van der Waals surface area contributed by atoms with Gasteiger partial charge in [-0.3, -0.25) is 10.1 Å². The molecule has 0 heterocycles. The van der Waals surface area contributed by atoms with Crippen LogP contribution >= 0.6 is 0 Å². The van der Waals surface area contributed by atoms with Gasteiger partial charge in [-0.05, 0) is 17.9 Å². The van der Waals surface area contributed by atoms with Crippen LogP contribution in [0, 0.1) is 5.41 Å². The van der Waals surface area contributed by atoms with Crippen LogP contribution in [0.3, 0.4) is 0 Å². The average molecular weight is 235 g/mol. The lowest BCUT2D eigenvalue weighted by Crippen LogP contribution is -2.58. The lowest BCUT2D eigenvalue weighted by Gasteiger charge is -2.39. The van der Waals surface area contributed by atoms with Crippen molar-refractivity contribution in [3.8, 4) is 0 Å². The fraction of sp³-hybridized carbons (Fsp3) is 0.500. The number of carboxylic acids is 1. The normalized spacial score (nSPS) is 15.3. The molecular formula is C14H21NO2. The van der Waals surface area contributed by atoms with Crippen LogP contribution in [-0.4, -0.2) is 16.6 Å². The Kier molecular flexibility index (Phi) is 3.94. The van der Waals surface area contributed by atoms with Gasteiger partial charge in [0.15, 0.2) is 0 Å². The molecule has 0 aliphatic rings. The minimum atomic E-state index is -0.942. The van der Waals surface area contributed by atoms with Gasteiger partial charge >= 0.3 is 5.97 Å². The Morgan fingerprint density at radius 3 is 2.12 bits per heavy atom. The Bertz CT molecular complexity index is 381. The van der Waals surface area contributed by atoms with E-state index in [2.05, 4.69) is 5.32 Å². The van der Waals surface area contributed by atoms with Crippen molar-refractivity contribution in [3.63, 3.8) is 0 Å². The zero-order valence-electron chi connectivity index (χ0n) is 10.9. The second-order valence-corrected chi connectivity index (χ2v) is 5.52. The molecule has 1 atom stereocenters. The van der Waals surface area contributed by atoms with Gasteiger partial charge in [0, 0.05) is 6.54 Å². The highest BCUT2D eigenvalue weighted by Crippen LogP contribution is 2.30. The lowest BCUT2D eigenvalue weighted by molar-refractivity contribution is -0.149. The van der Waals surface area contributed by atoms with Gasteiger partial charge < -0.3 is 5.11 Å². The molecule has 0 aliphatic carbocycles. The van der Waals surface area contributed by atoms with E-state index in [1.807, 2.05) is 51.1 Å². The predicted molar refractivity (Wildman–Crippen MR) is 68.8 cm³/mol. The Hall–Kier alpha value is -1.35. The zero-order chi connectivity index (χ0) is 13.1. The molecule has 0 radical (unpaired) electrons. The maximum absolute atomic E-state index is 11.4. The molecular weight excluding hydrogens is 214 g/mol. The first-order chi connectivity index (χ1) is 7.77. The minimum absolute atomic E-state index is 0.354. The summed E-state index contributed by atoms with van der Waals surface area (Å²) in [6.07, 6.45) is 0. The zero-order valence-corrected chi connectivity index (χ0v) is 10.9. The average Bonchev–Trinajstić information content (AvgIpc) is 2.25. The fourth-order valence-electron chi connectivity index (χ4n) is 1.54. The lowest BCUT2D eigenvalue weighted by atomic mass is 9.74. The number of hydrogen-bond donors (Lipinski definition) is 2. The van der Waals surface area contributed by atoms with E-state index in [4.69, 9.17) is 0 Å². The molecule has 94 valence electrons. The third-order valence-corrected chi connectivity index (χ3v) is 3.42. The summed E-state index contributed by atoms with van der Waals surface area (Å²) >= 11 is 0. The molecule has 0 bridgehead atoms. The smallest absolute Gasteiger partial charge is 0.324 e. The number of rotatable bonds is 4. The van der Waals surface area contributed by atoms with E-state index in [0.717, 1.165) is 5.56 Å². The Balaban J connectivity index is 2.80. The Labute approximate surface area is 103 Å². The Morgan fingerprint density at radius 2 is 1.71 bits per heavy atom. The standard InChI is InChI=1S/C14H21NO2/c1-13(2,3)14(4,12(16)17)15-10-11-8-6-5-7-9-11/h5-9,15H,10H2,1-4H3,(H,16,17). The van der Waals surface area contributed by atoms with Crippen LogP contribution in [0.2, 0.25) is 0 Å². The van der Waals surface area contributed by atoms with Crippen LogP contribution in [0.4, 0.5) is 0 Å². The van der Waals surface area contributed by atoms with Gasteiger partial charge in [-0.2, -0.15) is 0 Å². The van der Waals surface area contributed by atoms with Gasteiger partial charge in [-0.25, -0.2) is 0 Å². The monoisotopic (exact) mass is 235 g/mol. The van der Waals surface area contributed by atoms with E-state index in [1.165, 1.54) is 0 Å². The molecule has 3 heteroatoms. The maximum Gasteiger partial charge on any atom is 0.324 e. The molecule has 0 aliphatic heterocycles. The molecule has 0 fully saturated rings. The van der Waals surface area contributed by atoms with E-state index in [1.54, 1.807) is 6.92 Å². The van der Waals surface area contributed by atoms with Crippen LogP contribution in [-0.2, 0) is 11.3 Å². The van der Waals surface area contributed by atoms with Crippen LogP contribution in [0.5, 0.6) is 0 Å². The number of hydrogen-bond acceptors (Lipinski definition) is 2. The van der Waals surface area contributed by atoms with Crippen molar-refractivity contribution in [2.45, 2.75) is 39.8 Å². The van der Waals surface area contributed by atoms with Gasteiger partial charge in [0.25, 0.3) is 0 Å². The van der Waals surface area contributed by atoms with Crippen LogP contribution in [0.15, 0.2) is 30.3 Å². The second kappa shape index (κ2) is 4.88. The molecule has 0 spiro atoms. The third-order valence-electron chi connectivity index (χ3n) is 3.42. The van der Waals surface area contributed by atoms with Gasteiger partial charge in [-0.15, -0.1) is 0 Å². The first-order valence-electron chi connectivity index (χ1n) is 5.80. The summed E-state index contributed by atoms with van der Waals surface area (Å²) in [5, 5.41) is 12.5. The number of benzene rings is 1. The van der Waals surface area contributed by atoms with Crippen LogP contribution in [0.1, 0.15) is 33.3 Å². The van der Waals surface area contributed by atoms with Crippen molar-refractivity contribution in [3.05, 3.63) is 35.9 Å². The van der Waals surface area contributed by atoms with Crippen molar-refractivity contribution in [1.82, 2.24) is 5.32 Å². The molecule has 3 nitrogen and oxygen atoms in total. The number of nitrogens with one attached hydrogen (secondary N) is 1. The topological polar surface area (TPSA) is 49.3 Å². The summed E-state index contributed by atoms with van der Waals surface area (Å²) in [6, 6.07) is 9.82. The molecule has 1 unspecified atom stereocenters. The largest absolute Gasteiger partial charge is 0.480 e. The predicted octanol–water partition coefficient (Wildman–Crippen LogP) is 2.67. The molecule has 0 saturated carbocycles. The molecule has 0 amide bonds. The number of aliphatic carboxylic acids is 1. The number of carbonyl (C=O) groups is 1. The van der Waals surface area contributed by atoms with E-state index in [0.29, 0.717) is 6.54 Å². The van der Waals surface area contributed by atoms with E-state index < -0.39 is 11.5 Å². The van der Waals surface area contributed by atoms with Gasteiger partial charge in [0.1, 0.15) is 5.54 Å².